The second-order valence-electron chi connectivity index (χ2n) is 5.42. The number of fused-ring (bicyclic) bond motifs is 1. The Balaban J connectivity index is 1.76. The second kappa shape index (κ2) is 4.72. The molecule has 0 aliphatic carbocycles. The maximum atomic E-state index is 13.9. The zero-order chi connectivity index (χ0) is 13.4. The van der Waals surface area contributed by atoms with Crippen LogP contribution in [-0.2, 0) is 4.79 Å². The molecule has 4 nitrogen and oxygen atoms in total. The summed E-state index contributed by atoms with van der Waals surface area (Å²) in [5.74, 6) is 0.301. The van der Waals surface area contributed by atoms with Crippen LogP contribution in [0.4, 0.5) is 15.8 Å². The Morgan fingerprint density at radius 3 is 3.00 bits per heavy atom. The van der Waals surface area contributed by atoms with E-state index in [1.54, 1.807) is 12.1 Å². The lowest BCUT2D eigenvalue weighted by molar-refractivity contribution is -0.124. The molecule has 0 radical (unpaired) electrons. The molecule has 2 unspecified atom stereocenters. The number of piperidine rings is 2. The highest BCUT2D eigenvalue weighted by atomic mass is 19.1. The van der Waals surface area contributed by atoms with Gasteiger partial charge < -0.3 is 16.0 Å². The highest BCUT2D eigenvalue weighted by molar-refractivity contribution is 5.77. The topological polar surface area (TPSA) is 58.4 Å². The Bertz CT molecular complexity index is 505. The molecule has 0 spiro atoms. The monoisotopic (exact) mass is 263 g/mol. The normalized spacial score (nSPS) is 26.8. The van der Waals surface area contributed by atoms with Crippen LogP contribution in [0.5, 0.6) is 0 Å². The first-order valence-corrected chi connectivity index (χ1v) is 6.73. The third-order valence-electron chi connectivity index (χ3n) is 4.13. The van der Waals surface area contributed by atoms with Crippen molar-refractivity contribution in [3.05, 3.63) is 24.0 Å². The molecule has 0 bridgehead atoms. The van der Waals surface area contributed by atoms with Crippen molar-refractivity contribution < 1.29 is 9.18 Å². The van der Waals surface area contributed by atoms with Crippen molar-refractivity contribution in [2.75, 3.05) is 23.7 Å². The van der Waals surface area contributed by atoms with E-state index in [-0.39, 0.29) is 17.8 Å². The number of hydrogen-bond acceptors (Lipinski definition) is 3. The van der Waals surface area contributed by atoms with E-state index in [0.29, 0.717) is 23.7 Å². The van der Waals surface area contributed by atoms with Crippen LogP contribution < -0.4 is 16.0 Å². The average Bonchev–Trinajstić information content (AvgIpc) is 2.38. The van der Waals surface area contributed by atoms with Gasteiger partial charge in [-0.15, -0.1) is 0 Å². The summed E-state index contributed by atoms with van der Waals surface area (Å²) in [5.41, 5.74) is 6.63. The predicted molar refractivity (Wildman–Crippen MR) is 72.3 cm³/mol. The predicted octanol–water partition coefficient (Wildman–Crippen LogP) is 1.51. The van der Waals surface area contributed by atoms with Crippen LogP contribution >= 0.6 is 0 Å². The zero-order valence-corrected chi connectivity index (χ0v) is 10.7. The third kappa shape index (κ3) is 2.37. The van der Waals surface area contributed by atoms with Crippen LogP contribution in [0.3, 0.4) is 0 Å². The fraction of sp³-hybridized carbons (Fsp3) is 0.500. The molecular formula is C14H18FN3O. The molecule has 102 valence electrons. The Labute approximate surface area is 111 Å². The molecule has 1 aromatic rings. The van der Waals surface area contributed by atoms with Crippen LogP contribution in [0.15, 0.2) is 18.2 Å². The second-order valence-corrected chi connectivity index (χ2v) is 5.42. The first-order chi connectivity index (χ1) is 9.13. The van der Waals surface area contributed by atoms with E-state index in [1.165, 1.54) is 6.07 Å². The highest BCUT2D eigenvalue weighted by Gasteiger charge is 2.34. The minimum absolute atomic E-state index is 0.147. The molecule has 2 aliphatic rings. The van der Waals surface area contributed by atoms with E-state index >= 15 is 0 Å². The van der Waals surface area contributed by atoms with Gasteiger partial charge in [-0.3, -0.25) is 4.79 Å². The lowest BCUT2D eigenvalue weighted by atomic mass is 9.85. The molecular weight excluding hydrogens is 245 g/mol. The Morgan fingerprint density at radius 1 is 1.37 bits per heavy atom. The molecule has 3 N–H and O–H groups in total. The van der Waals surface area contributed by atoms with Gasteiger partial charge in [0.05, 0.1) is 5.69 Å². The van der Waals surface area contributed by atoms with E-state index in [0.717, 1.165) is 25.9 Å². The summed E-state index contributed by atoms with van der Waals surface area (Å²) in [5, 5.41) is 3.03. The number of nitrogens with zero attached hydrogens (tertiary/aromatic N) is 1. The maximum absolute atomic E-state index is 13.9. The number of carbonyl (C=O) groups is 1. The first kappa shape index (κ1) is 12.3. The van der Waals surface area contributed by atoms with Crippen LogP contribution in [0.1, 0.15) is 19.3 Å². The first-order valence-electron chi connectivity index (χ1n) is 6.73. The molecule has 2 saturated heterocycles. The van der Waals surface area contributed by atoms with Crippen LogP contribution in [-0.4, -0.2) is 25.0 Å². The van der Waals surface area contributed by atoms with Crippen LogP contribution in [0, 0.1) is 11.7 Å². The minimum Gasteiger partial charge on any atom is -0.399 e. The number of anilines is 2. The lowest BCUT2D eigenvalue weighted by Crippen LogP contribution is -2.54. The molecule has 5 heteroatoms. The summed E-state index contributed by atoms with van der Waals surface area (Å²) in [4.78, 5) is 13.4. The van der Waals surface area contributed by atoms with Gasteiger partial charge in [-0.05, 0) is 37.0 Å². The maximum Gasteiger partial charge on any atom is 0.220 e. The van der Waals surface area contributed by atoms with Gasteiger partial charge in [0.15, 0.2) is 0 Å². The summed E-state index contributed by atoms with van der Waals surface area (Å²) in [6, 6.07) is 5.10. The number of amides is 1. The van der Waals surface area contributed by atoms with E-state index < -0.39 is 0 Å². The van der Waals surface area contributed by atoms with Gasteiger partial charge in [0, 0.05) is 31.2 Å². The molecule has 1 amide bonds. The molecule has 2 fully saturated rings. The van der Waals surface area contributed by atoms with Crippen molar-refractivity contribution in [2.24, 2.45) is 5.92 Å². The summed E-state index contributed by atoms with van der Waals surface area (Å²) in [6.07, 6.45) is 2.35. The molecule has 0 aromatic heterocycles. The van der Waals surface area contributed by atoms with Crippen molar-refractivity contribution in [1.82, 2.24) is 5.32 Å². The summed E-state index contributed by atoms with van der Waals surface area (Å²) < 4.78 is 13.9. The number of rotatable bonds is 1. The van der Waals surface area contributed by atoms with Crippen LogP contribution in [0.2, 0.25) is 0 Å². The Hall–Kier alpha value is -1.78. The molecule has 2 aliphatic heterocycles. The van der Waals surface area contributed by atoms with Crippen molar-refractivity contribution in [3.8, 4) is 0 Å². The largest absolute Gasteiger partial charge is 0.399 e. The van der Waals surface area contributed by atoms with Gasteiger partial charge in [0.1, 0.15) is 5.82 Å². The quantitative estimate of drug-likeness (QED) is 0.755. The number of carbonyl (C=O) groups excluding carboxylic acids is 1. The lowest BCUT2D eigenvalue weighted by Gasteiger charge is -2.42. The van der Waals surface area contributed by atoms with Crippen molar-refractivity contribution in [2.45, 2.75) is 25.3 Å². The zero-order valence-electron chi connectivity index (χ0n) is 10.7. The van der Waals surface area contributed by atoms with Gasteiger partial charge in [-0.1, -0.05) is 0 Å². The number of nitrogens with two attached hydrogens (primary N) is 1. The summed E-state index contributed by atoms with van der Waals surface area (Å²) in [6.45, 7) is 1.56. The fourth-order valence-corrected chi connectivity index (χ4v) is 3.11. The summed E-state index contributed by atoms with van der Waals surface area (Å²) in [7, 11) is 0. The SMILES string of the molecule is Nc1ccc(N2CCC3NC(=O)CCC3C2)c(F)c1. The minimum atomic E-state index is -0.265. The van der Waals surface area contributed by atoms with E-state index in [1.807, 2.05) is 0 Å². The van der Waals surface area contributed by atoms with E-state index in [9.17, 15) is 9.18 Å². The Morgan fingerprint density at radius 2 is 2.21 bits per heavy atom. The van der Waals surface area contributed by atoms with Crippen molar-refractivity contribution in [1.29, 1.82) is 0 Å². The van der Waals surface area contributed by atoms with Crippen molar-refractivity contribution in [3.63, 3.8) is 0 Å². The molecule has 2 heterocycles. The number of hydrogen-bond donors (Lipinski definition) is 2. The van der Waals surface area contributed by atoms with Gasteiger partial charge in [-0.25, -0.2) is 4.39 Å². The average molecular weight is 263 g/mol. The molecule has 19 heavy (non-hydrogen) atoms. The summed E-state index contributed by atoms with van der Waals surface area (Å²) >= 11 is 0. The van der Waals surface area contributed by atoms with Crippen molar-refractivity contribution >= 4 is 17.3 Å². The number of nitrogen functional groups attached to an aromatic ring is 1. The number of nitrogens with one attached hydrogen (secondary N) is 1. The van der Waals surface area contributed by atoms with Gasteiger partial charge in [0.25, 0.3) is 0 Å². The highest BCUT2D eigenvalue weighted by Crippen LogP contribution is 2.30. The number of halogens is 1. The smallest absolute Gasteiger partial charge is 0.220 e. The molecule has 0 saturated carbocycles. The van der Waals surface area contributed by atoms with Gasteiger partial charge in [-0.2, -0.15) is 0 Å². The molecule has 3 rings (SSSR count). The van der Waals surface area contributed by atoms with E-state index in [4.69, 9.17) is 5.73 Å². The van der Waals surface area contributed by atoms with Crippen LogP contribution in [0.25, 0.3) is 0 Å². The fourth-order valence-electron chi connectivity index (χ4n) is 3.11. The van der Waals surface area contributed by atoms with Gasteiger partial charge >= 0.3 is 0 Å². The molecule has 2 atom stereocenters. The number of benzene rings is 1. The third-order valence-corrected chi connectivity index (χ3v) is 4.13. The molecule has 1 aromatic carbocycles. The Kier molecular flexibility index (Phi) is 3.05. The standard InChI is InChI=1S/C14H18FN3O/c15-11-7-10(16)2-3-13(11)18-6-5-12-9(8-18)1-4-14(19)17-12/h2-3,7,9,12H,1,4-6,8,16H2,(H,17,19). The van der Waals surface area contributed by atoms with Gasteiger partial charge in [0.2, 0.25) is 5.91 Å². The van der Waals surface area contributed by atoms with E-state index in [2.05, 4.69) is 10.2 Å².